The van der Waals surface area contributed by atoms with Crippen molar-refractivity contribution >= 4 is 11.8 Å². The Hall–Kier alpha value is -3.31. The normalized spacial score (nSPS) is 17.6. The number of halogens is 6. The quantitative estimate of drug-likeness (QED) is 0.307. The van der Waals surface area contributed by atoms with Gasteiger partial charge in [-0.15, -0.1) is 0 Å². The van der Waals surface area contributed by atoms with Crippen LogP contribution in [0.3, 0.4) is 0 Å². The zero-order chi connectivity index (χ0) is 30.0. The lowest BCUT2D eigenvalue weighted by Crippen LogP contribution is -2.46. The number of rotatable bonds is 9. The van der Waals surface area contributed by atoms with Gasteiger partial charge in [0.25, 0.3) is 0 Å². The summed E-state index contributed by atoms with van der Waals surface area (Å²) in [5.41, 5.74) is -2.20. The van der Waals surface area contributed by atoms with Crippen LogP contribution >= 0.6 is 0 Å². The van der Waals surface area contributed by atoms with Crippen LogP contribution in [0.2, 0.25) is 0 Å². The molecule has 12 heteroatoms. The van der Waals surface area contributed by atoms with E-state index in [1.165, 1.54) is 14.2 Å². The maximum Gasteiger partial charge on any atom is 0.416 e. The maximum absolute atomic E-state index is 13.5. The Morgan fingerprint density at radius 3 is 1.95 bits per heavy atom. The maximum atomic E-state index is 13.5. The first-order valence-corrected chi connectivity index (χ1v) is 12.9. The van der Waals surface area contributed by atoms with Gasteiger partial charge < -0.3 is 19.5 Å². The highest BCUT2D eigenvalue weighted by Gasteiger charge is 2.40. The molecule has 1 aliphatic heterocycles. The number of carbonyl (C=O) groups is 1. The third-order valence-electron chi connectivity index (χ3n) is 7.53. The molecule has 2 atom stereocenters. The number of hydrogen-bond acceptors (Lipinski definition) is 4. The summed E-state index contributed by atoms with van der Waals surface area (Å²) in [6.45, 7) is 6.08. The first-order chi connectivity index (χ1) is 18.6. The van der Waals surface area contributed by atoms with E-state index < -0.39 is 47.7 Å². The number of methoxy groups -OCH3 is 2. The fourth-order valence-corrected chi connectivity index (χ4v) is 5.23. The summed E-state index contributed by atoms with van der Waals surface area (Å²) in [6.07, 6.45) is -9.46. The SMILES string of the molecule is CCC(CC)CN1c2cc(OC)c(OC)cc2[C@@H](N(Cc2cc(C(F)(F)F)cc(C(F)(F)F)c2)C(=O)O)C[C@H]1C. The largest absolute Gasteiger partial charge is 0.493 e. The van der Waals surface area contributed by atoms with Crippen molar-refractivity contribution in [2.24, 2.45) is 5.92 Å². The predicted octanol–water partition coefficient (Wildman–Crippen LogP) is 8.00. The van der Waals surface area contributed by atoms with Crippen LogP contribution in [0.1, 0.15) is 68.3 Å². The van der Waals surface area contributed by atoms with E-state index in [1.807, 2.05) is 6.92 Å². The average Bonchev–Trinajstić information content (AvgIpc) is 2.89. The molecule has 0 bridgehead atoms. The predicted molar refractivity (Wildman–Crippen MR) is 138 cm³/mol. The molecule has 0 radical (unpaired) electrons. The molecule has 40 heavy (non-hydrogen) atoms. The van der Waals surface area contributed by atoms with Gasteiger partial charge in [0.1, 0.15) is 0 Å². The summed E-state index contributed by atoms with van der Waals surface area (Å²) in [4.78, 5) is 15.6. The van der Waals surface area contributed by atoms with Crippen molar-refractivity contribution in [3.8, 4) is 11.5 Å². The second-order valence-electron chi connectivity index (χ2n) is 10.0. The Morgan fingerprint density at radius 1 is 0.975 bits per heavy atom. The second-order valence-corrected chi connectivity index (χ2v) is 10.0. The zero-order valence-corrected chi connectivity index (χ0v) is 23.0. The van der Waals surface area contributed by atoms with Gasteiger partial charge in [0, 0.05) is 36.4 Å². The van der Waals surface area contributed by atoms with Gasteiger partial charge in [0.2, 0.25) is 0 Å². The van der Waals surface area contributed by atoms with Gasteiger partial charge in [-0.05, 0) is 49.1 Å². The molecular weight excluding hydrogens is 542 g/mol. The number of nitrogens with zero attached hydrogens (tertiary/aromatic N) is 2. The van der Waals surface area contributed by atoms with Crippen LogP contribution in [-0.4, -0.2) is 42.9 Å². The molecular formula is C28H34F6N2O4. The topological polar surface area (TPSA) is 62.2 Å². The standard InChI is InChI=1S/C28H34F6N2O4/c1-6-17(7-2)14-35-16(3)8-22(21-12-24(39-4)25(40-5)13-23(21)35)36(26(37)38)15-18-9-19(27(29,30)31)11-20(10-18)28(32,33)34/h9-13,16-17,22H,6-8,14-15H2,1-5H3,(H,37,38)/t16-,22+/m1/s1. The Bertz CT molecular complexity index is 1160. The molecule has 2 aromatic carbocycles. The number of ether oxygens (including phenoxy) is 2. The molecule has 0 unspecified atom stereocenters. The third kappa shape index (κ3) is 6.69. The average molecular weight is 577 g/mol. The number of amides is 1. The van der Waals surface area contributed by atoms with Gasteiger partial charge in [-0.25, -0.2) is 4.79 Å². The fraction of sp³-hybridized carbons (Fsp3) is 0.536. The molecule has 0 saturated carbocycles. The molecule has 6 nitrogen and oxygen atoms in total. The lowest BCUT2D eigenvalue weighted by Gasteiger charge is -2.45. The van der Waals surface area contributed by atoms with Crippen molar-refractivity contribution in [1.29, 1.82) is 0 Å². The van der Waals surface area contributed by atoms with E-state index in [2.05, 4.69) is 18.7 Å². The summed E-state index contributed by atoms with van der Waals surface area (Å²) >= 11 is 0. The highest BCUT2D eigenvalue weighted by atomic mass is 19.4. The number of benzene rings is 2. The third-order valence-corrected chi connectivity index (χ3v) is 7.53. The second kappa shape index (κ2) is 12.1. The van der Waals surface area contributed by atoms with Crippen LogP contribution in [-0.2, 0) is 18.9 Å². The number of fused-ring (bicyclic) bond motifs is 1. The van der Waals surface area contributed by atoms with Crippen molar-refractivity contribution < 1.29 is 45.7 Å². The Kier molecular flexibility index (Phi) is 9.41. The van der Waals surface area contributed by atoms with Gasteiger partial charge >= 0.3 is 18.4 Å². The Balaban J connectivity index is 2.15. The van der Waals surface area contributed by atoms with E-state index >= 15 is 0 Å². The minimum absolute atomic E-state index is 0.0273. The van der Waals surface area contributed by atoms with Crippen molar-refractivity contribution in [2.75, 3.05) is 25.7 Å². The summed E-state index contributed by atoms with van der Waals surface area (Å²) in [5.74, 6) is 1.09. The first kappa shape index (κ1) is 31.2. The van der Waals surface area contributed by atoms with Crippen molar-refractivity contribution in [3.05, 3.63) is 52.6 Å². The van der Waals surface area contributed by atoms with Crippen molar-refractivity contribution in [3.63, 3.8) is 0 Å². The molecule has 222 valence electrons. The van der Waals surface area contributed by atoms with Gasteiger partial charge in [0.05, 0.1) is 31.4 Å². The molecule has 0 saturated heterocycles. The van der Waals surface area contributed by atoms with Crippen molar-refractivity contribution in [2.45, 2.75) is 71.0 Å². The molecule has 0 spiro atoms. The highest BCUT2D eigenvalue weighted by Crippen LogP contribution is 2.47. The van der Waals surface area contributed by atoms with E-state index in [9.17, 15) is 36.2 Å². The molecule has 3 rings (SSSR count). The van der Waals surface area contributed by atoms with Crippen LogP contribution < -0.4 is 14.4 Å². The Morgan fingerprint density at radius 2 is 1.50 bits per heavy atom. The molecule has 1 amide bonds. The molecule has 0 aromatic heterocycles. The number of carboxylic acid groups (broad SMARTS) is 1. The van der Waals surface area contributed by atoms with Crippen LogP contribution in [0.15, 0.2) is 30.3 Å². The minimum Gasteiger partial charge on any atom is -0.493 e. The number of hydrogen-bond donors (Lipinski definition) is 1. The smallest absolute Gasteiger partial charge is 0.416 e. The molecule has 1 heterocycles. The van der Waals surface area contributed by atoms with E-state index in [-0.39, 0.29) is 18.5 Å². The fourth-order valence-electron chi connectivity index (χ4n) is 5.23. The summed E-state index contributed by atoms with van der Waals surface area (Å²) in [6, 6.07) is 3.46. The molecule has 0 fully saturated rings. The molecule has 0 aliphatic carbocycles. The monoisotopic (exact) mass is 576 g/mol. The van der Waals surface area contributed by atoms with Gasteiger partial charge in [-0.3, -0.25) is 4.90 Å². The first-order valence-electron chi connectivity index (χ1n) is 12.9. The van der Waals surface area contributed by atoms with E-state index in [0.717, 1.165) is 17.7 Å². The van der Waals surface area contributed by atoms with Gasteiger partial charge in [-0.2, -0.15) is 26.3 Å². The highest BCUT2D eigenvalue weighted by molar-refractivity contribution is 5.70. The summed E-state index contributed by atoms with van der Waals surface area (Å²) in [7, 11) is 2.89. The minimum atomic E-state index is -5.05. The van der Waals surface area contributed by atoms with E-state index in [0.29, 0.717) is 47.3 Å². The molecule has 1 N–H and O–H groups in total. The Labute approximate surface area is 229 Å². The van der Waals surface area contributed by atoms with Gasteiger partial charge in [-0.1, -0.05) is 26.7 Å². The summed E-state index contributed by atoms with van der Waals surface area (Å²) in [5, 5.41) is 10.2. The van der Waals surface area contributed by atoms with E-state index in [1.54, 1.807) is 12.1 Å². The summed E-state index contributed by atoms with van der Waals surface area (Å²) < 4.78 is 91.7. The van der Waals surface area contributed by atoms with Crippen molar-refractivity contribution in [1.82, 2.24) is 4.90 Å². The lowest BCUT2D eigenvalue weighted by atomic mass is 9.88. The number of alkyl halides is 6. The van der Waals surface area contributed by atoms with E-state index in [4.69, 9.17) is 9.47 Å². The van der Waals surface area contributed by atoms with Crippen LogP contribution in [0.25, 0.3) is 0 Å². The number of anilines is 1. The van der Waals surface area contributed by atoms with Crippen LogP contribution in [0.5, 0.6) is 11.5 Å². The molecule has 1 aliphatic rings. The molecule has 2 aromatic rings. The van der Waals surface area contributed by atoms with Crippen LogP contribution in [0, 0.1) is 5.92 Å². The lowest BCUT2D eigenvalue weighted by molar-refractivity contribution is -0.143. The van der Waals surface area contributed by atoms with Gasteiger partial charge in [0.15, 0.2) is 11.5 Å². The van der Waals surface area contributed by atoms with Crippen LogP contribution in [0.4, 0.5) is 36.8 Å². The zero-order valence-electron chi connectivity index (χ0n) is 23.0.